The zero-order chi connectivity index (χ0) is 14.3. The molecule has 0 radical (unpaired) electrons. The van der Waals surface area contributed by atoms with Crippen molar-refractivity contribution in [2.24, 2.45) is 7.05 Å². The number of thioether (sulfide) groups is 1. The lowest BCUT2D eigenvalue weighted by Gasteiger charge is -2.15. The first-order valence-corrected chi connectivity index (χ1v) is 7.45. The van der Waals surface area contributed by atoms with Crippen LogP contribution in [0.25, 0.3) is 0 Å². The molecular formula is C13H20N2O3S. The van der Waals surface area contributed by atoms with E-state index < -0.39 is 0 Å². The average Bonchev–Trinajstić information content (AvgIpc) is 2.42. The van der Waals surface area contributed by atoms with Gasteiger partial charge in [-0.25, -0.2) is 0 Å². The number of hydrogen-bond acceptors (Lipinski definition) is 4. The maximum Gasteiger partial charge on any atom is 0.263 e. The van der Waals surface area contributed by atoms with Crippen molar-refractivity contribution in [1.82, 2.24) is 9.88 Å². The molecular weight excluding hydrogens is 264 g/mol. The van der Waals surface area contributed by atoms with Crippen molar-refractivity contribution in [3.8, 4) is 0 Å². The van der Waals surface area contributed by atoms with E-state index in [-0.39, 0.29) is 23.1 Å². The number of aryl methyl sites for hydroxylation is 1. The zero-order valence-corrected chi connectivity index (χ0v) is 12.3. The molecule has 0 bridgehead atoms. The Hall–Kier alpha value is -1.27. The van der Waals surface area contributed by atoms with Crippen molar-refractivity contribution >= 4 is 17.7 Å². The molecule has 0 saturated heterocycles. The number of rotatable bonds is 7. The Bertz CT molecular complexity index is 473. The van der Waals surface area contributed by atoms with E-state index in [1.165, 1.54) is 10.6 Å². The lowest BCUT2D eigenvalue weighted by Crippen LogP contribution is -2.37. The minimum atomic E-state index is -0.354. The average molecular weight is 284 g/mol. The number of nitrogens with one attached hydrogen (secondary N) is 1. The maximum absolute atomic E-state index is 11.9. The molecule has 0 saturated carbocycles. The van der Waals surface area contributed by atoms with Crippen LogP contribution in [0.4, 0.5) is 0 Å². The van der Waals surface area contributed by atoms with Crippen molar-refractivity contribution in [2.75, 3.05) is 25.7 Å². The van der Waals surface area contributed by atoms with E-state index in [1.54, 1.807) is 38.2 Å². The van der Waals surface area contributed by atoms with E-state index >= 15 is 0 Å². The number of amides is 1. The summed E-state index contributed by atoms with van der Waals surface area (Å²) >= 11 is 1.73. The molecule has 0 aliphatic heterocycles. The van der Waals surface area contributed by atoms with Crippen molar-refractivity contribution in [1.29, 1.82) is 0 Å². The van der Waals surface area contributed by atoms with Crippen LogP contribution < -0.4 is 10.9 Å². The quantitative estimate of drug-likeness (QED) is 0.807. The third-order valence-corrected chi connectivity index (χ3v) is 3.48. The molecule has 0 aliphatic rings. The highest BCUT2D eigenvalue weighted by atomic mass is 32.2. The Morgan fingerprint density at radius 2 is 2.32 bits per heavy atom. The molecule has 1 heterocycles. The van der Waals surface area contributed by atoms with E-state index in [0.717, 1.165) is 12.2 Å². The monoisotopic (exact) mass is 284 g/mol. The van der Waals surface area contributed by atoms with Gasteiger partial charge in [-0.1, -0.05) is 0 Å². The highest BCUT2D eigenvalue weighted by molar-refractivity contribution is 7.98. The van der Waals surface area contributed by atoms with Gasteiger partial charge in [-0.05, 0) is 30.6 Å². The van der Waals surface area contributed by atoms with Crippen LogP contribution in [-0.4, -0.2) is 42.2 Å². The lowest BCUT2D eigenvalue weighted by molar-refractivity contribution is 0.0818. The van der Waals surface area contributed by atoms with Crippen LogP contribution in [0.3, 0.4) is 0 Å². The summed E-state index contributed by atoms with van der Waals surface area (Å²) in [5, 5.41) is 2.74. The Labute approximate surface area is 117 Å². The summed E-state index contributed by atoms with van der Waals surface area (Å²) in [6, 6.07) is 3.21. The second-order valence-electron chi connectivity index (χ2n) is 4.19. The molecule has 19 heavy (non-hydrogen) atoms. The van der Waals surface area contributed by atoms with Crippen LogP contribution in [0, 0.1) is 0 Å². The van der Waals surface area contributed by atoms with E-state index in [0.29, 0.717) is 6.54 Å². The first-order chi connectivity index (χ1) is 9.10. The summed E-state index contributed by atoms with van der Waals surface area (Å²) in [4.78, 5) is 23.7. The third kappa shape index (κ3) is 4.72. The predicted octanol–water partition coefficient (Wildman–Crippen LogP) is 0.883. The fraction of sp³-hybridized carbons (Fsp3) is 0.538. The fourth-order valence-corrected chi connectivity index (χ4v) is 2.12. The summed E-state index contributed by atoms with van der Waals surface area (Å²) < 4.78 is 6.67. The van der Waals surface area contributed by atoms with Crippen molar-refractivity contribution < 1.29 is 9.53 Å². The van der Waals surface area contributed by atoms with Gasteiger partial charge >= 0.3 is 0 Å². The van der Waals surface area contributed by atoms with Gasteiger partial charge in [-0.3, -0.25) is 9.59 Å². The summed E-state index contributed by atoms with van der Waals surface area (Å²) in [6.45, 7) is 0.411. The van der Waals surface area contributed by atoms with E-state index in [9.17, 15) is 9.59 Å². The van der Waals surface area contributed by atoms with Crippen molar-refractivity contribution in [2.45, 2.75) is 12.5 Å². The van der Waals surface area contributed by atoms with Gasteiger partial charge < -0.3 is 14.6 Å². The number of carbonyl (C=O) groups is 1. The number of nitrogens with zero attached hydrogens (tertiary/aromatic N) is 1. The number of carbonyl (C=O) groups excluding carboxylic acids is 1. The van der Waals surface area contributed by atoms with Gasteiger partial charge in [0.15, 0.2) is 0 Å². The standard InChI is InChI=1S/C13H20N2O3S/c1-15-7-4-5-11(13(15)17)12(16)14-9-10(18-2)6-8-19-3/h4-5,7,10H,6,8-9H2,1-3H3,(H,14,16). The number of aromatic nitrogens is 1. The number of hydrogen-bond donors (Lipinski definition) is 1. The SMILES string of the molecule is COC(CCSC)CNC(=O)c1cccn(C)c1=O. The Balaban J connectivity index is 2.59. The summed E-state index contributed by atoms with van der Waals surface area (Å²) in [5.74, 6) is 0.619. The van der Waals surface area contributed by atoms with Gasteiger partial charge in [-0.15, -0.1) is 0 Å². The summed E-state index contributed by atoms with van der Waals surface area (Å²) in [7, 11) is 3.24. The minimum absolute atomic E-state index is 0.0241. The van der Waals surface area contributed by atoms with E-state index in [2.05, 4.69) is 5.32 Å². The van der Waals surface area contributed by atoms with Gasteiger partial charge in [-0.2, -0.15) is 11.8 Å². The van der Waals surface area contributed by atoms with Crippen LogP contribution in [0.5, 0.6) is 0 Å². The topological polar surface area (TPSA) is 60.3 Å². The van der Waals surface area contributed by atoms with E-state index in [1.807, 2.05) is 6.26 Å². The minimum Gasteiger partial charge on any atom is -0.380 e. The summed E-state index contributed by atoms with van der Waals surface area (Å²) in [6.07, 6.45) is 4.49. The van der Waals surface area contributed by atoms with Gasteiger partial charge in [0.25, 0.3) is 11.5 Å². The third-order valence-electron chi connectivity index (χ3n) is 2.84. The van der Waals surface area contributed by atoms with Crippen LogP contribution >= 0.6 is 11.8 Å². The van der Waals surface area contributed by atoms with E-state index in [4.69, 9.17) is 4.74 Å². The number of pyridine rings is 1. The Kier molecular flexibility index (Phi) is 6.66. The molecule has 106 valence electrons. The van der Waals surface area contributed by atoms with Crippen molar-refractivity contribution in [3.63, 3.8) is 0 Å². The first-order valence-electron chi connectivity index (χ1n) is 6.05. The molecule has 1 aromatic rings. The molecule has 1 amide bonds. The maximum atomic E-state index is 11.9. The highest BCUT2D eigenvalue weighted by Crippen LogP contribution is 2.03. The molecule has 0 aliphatic carbocycles. The Morgan fingerprint density at radius 1 is 1.58 bits per heavy atom. The molecule has 0 fully saturated rings. The molecule has 1 N–H and O–H groups in total. The first kappa shape index (κ1) is 15.8. The highest BCUT2D eigenvalue weighted by Gasteiger charge is 2.13. The van der Waals surface area contributed by atoms with Crippen LogP contribution in [0.15, 0.2) is 23.1 Å². The molecule has 0 aromatic carbocycles. The smallest absolute Gasteiger partial charge is 0.263 e. The fourth-order valence-electron chi connectivity index (χ4n) is 1.62. The van der Waals surface area contributed by atoms with Gasteiger partial charge in [0.05, 0.1) is 6.10 Å². The zero-order valence-electron chi connectivity index (χ0n) is 11.5. The predicted molar refractivity (Wildman–Crippen MR) is 77.8 cm³/mol. The summed E-state index contributed by atoms with van der Waals surface area (Å²) in [5.41, 5.74) is -0.136. The largest absolute Gasteiger partial charge is 0.380 e. The van der Waals surface area contributed by atoms with Gasteiger partial charge in [0.2, 0.25) is 0 Å². The van der Waals surface area contributed by atoms with Crippen LogP contribution in [0.1, 0.15) is 16.8 Å². The lowest BCUT2D eigenvalue weighted by atomic mass is 10.2. The molecule has 1 atom stereocenters. The molecule has 1 rings (SSSR count). The second kappa shape index (κ2) is 8.01. The second-order valence-corrected chi connectivity index (χ2v) is 5.17. The van der Waals surface area contributed by atoms with Crippen molar-refractivity contribution in [3.05, 3.63) is 34.2 Å². The van der Waals surface area contributed by atoms with Gasteiger partial charge in [0, 0.05) is 26.9 Å². The van der Waals surface area contributed by atoms with Crippen LogP contribution in [-0.2, 0) is 11.8 Å². The number of methoxy groups -OCH3 is 1. The van der Waals surface area contributed by atoms with Gasteiger partial charge in [0.1, 0.15) is 5.56 Å². The molecule has 1 unspecified atom stereocenters. The molecule has 0 spiro atoms. The Morgan fingerprint density at radius 3 is 2.95 bits per heavy atom. The molecule has 5 nitrogen and oxygen atoms in total. The normalized spacial score (nSPS) is 12.2. The molecule has 6 heteroatoms. The van der Waals surface area contributed by atoms with Crippen LogP contribution in [0.2, 0.25) is 0 Å². The molecule has 1 aromatic heterocycles. The number of ether oxygens (including phenoxy) is 1.